The molecule has 6 heteroatoms. The molecule has 11 aromatic rings. The second-order valence-electron chi connectivity index (χ2n) is 12.2. The number of benzene rings is 7. The Kier molecular flexibility index (Phi) is 4.44. The van der Waals surface area contributed by atoms with Crippen molar-refractivity contribution in [2.75, 3.05) is 0 Å². The van der Waals surface area contributed by atoms with Crippen molar-refractivity contribution >= 4 is 65.7 Å². The Morgan fingerprint density at radius 1 is 0.451 bits per heavy atom. The van der Waals surface area contributed by atoms with E-state index in [2.05, 4.69) is 0 Å². The van der Waals surface area contributed by atoms with Crippen molar-refractivity contribution in [1.82, 2.24) is 19.5 Å². The van der Waals surface area contributed by atoms with Gasteiger partial charge in [0, 0.05) is 60.8 Å². The lowest BCUT2D eigenvalue weighted by atomic mass is 10.0. The van der Waals surface area contributed by atoms with Crippen LogP contribution in [-0.2, 0) is 0 Å². The van der Waals surface area contributed by atoms with Crippen LogP contribution in [0.1, 0.15) is 11.0 Å². The van der Waals surface area contributed by atoms with E-state index in [-0.39, 0.29) is 33.9 Å². The Bertz CT molecular complexity index is 3540. The highest BCUT2D eigenvalue weighted by molar-refractivity contribution is 6.14. The fraction of sp³-hybridized carbons (Fsp3) is 0. The Balaban J connectivity index is 1.17. The van der Waals surface area contributed by atoms with E-state index < -0.39 is 36.3 Å². The van der Waals surface area contributed by atoms with E-state index in [1.807, 2.05) is 97.1 Å². The van der Waals surface area contributed by atoms with E-state index in [1.54, 1.807) is 12.1 Å². The molecule has 0 fully saturated rings. The maximum atomic E-state index is 8.93. The topological polar surface area (TPSA) is 69.9 Å². The molecule has 238 valence electrons. The quantitative estimate of drug-likeness (QED) is 0.188. The van der Waals surface area contributed by atoms with Gasteiger partial charge in [0.15, 0.2) is 17.5 Å². The van der Waals surface area contributed by atoms with Gasteiger partial charge in [0.2, 0.25) is 0 Å². The molecule has 0 spiro atoms. The molecule has 7 aromatic carbocycles. The lowest BCUT2D eigenvalue weighted by Crippen LogP contribution is -2.00. The molecule has 0 N–H and O–H groups in total. The van der Waals surface area contributed by atoms with Crippen molar-refractivity contribution in [1.29, 1.82) is 0 Å². The van der Waals surface area contributed by atoms with E-state index in [0.29, 0.717) is 50.9 Å². The molecule has 0 unspecified atom stereocenters. The second kappa shape index (κ2) is 10.7. The number of fused-ring (bicyclic) bond motifs is 9. The fourth-order valence-electron chi connectivity index (χ4n) is 7.11. The third kappa shape index (κ3) is 4.20. The summed E-state index contributed by atoms with van der Waals surface area (Å²) >= 11 is 0. The summed E-state index contributed by atoms with van der Waals surface area (Å²) in [5.41, 5.74) is 5.12. The highest BCUT2D eigenvalue weighted by Gasteiger charge is 2.21. The average Bonchev–Trinajstić information content (AvgIpc) is 3.96. The molecule has 0 atom stereocenters. The molecule has 0 aliphatic rings. The minimum absolute atomic E-state index is 0.00367. The summed E-state index contributed by atoms with van der Waals surface area (Å²) in [6.07, 6.45) is 0. The molecule has 0 aliphatic heterocycles. The van der Waals surface area contributed by atoms with Gasteiger partial charge in [-0.05, 0) is 42.4 Å². The lowest BCUT2D eigenvalue weighted by molar-refractivity contribution is 0.668. The average molecular weight is 663 g/mol. The number of para-hydroxylation sites is 3. The van der Waals surface area contributed by atoms with Gasteiger partial charge < -0.3 is 13.4 Å². The van der Waals surface area contributed by atoms with Gasteiger partial charge in [-0.3, -0.25) is 0 Å². The number of aromatic nitrogens is 4. The van der Waals surface area contributed by atoms with Crippen LogP contribution in [0.15, 0.2) is 166 Å². The van der Waals surface area contributed by atoms with E-state index in [4.69, 9.17) is 34.8 Å². The van der Waals surface area contributed by atoms with Gasteiger partial charge in [0.1, 0.15) is 22.3 Å². The molecule has 4 heterocycles. The van der Waals surface area contributed by atoms with Gasteiger partial charge in [-0.1, -0.05) is 109 Å². The SMILES string of the molecule is [2H]c1c([2H])c([2H])c2c(c1[2H])c1c([2H])c([2H])c([2H])c([2H])c1n2-c1ccc2c(c1)oc1cccc(-c3nc(-c4ccccc4)nc(-c4cccc5oc6ccccc6c45)n3)c12. The zero-order valence-electron chi connectivity index (χ0n) is 34.5. The van der Waals surface area contributed by atoms with Crippen LogP contribution < -0.4 is 0 Å². The van der Waals surface area contributed by atoms with Crippen molar-refractivity contribution in [3.63, 3.8) is 0 Å². The minimum Gasteiger partial charge on any atom is -0.456 e. The molecule has 4 aromatic heterocycles. The first-order chi connectivity index (χ1) is 28.6. The Morgan fingerprint density at radius 2 is 1.00 bits per heavy atom. The summed E-state index contributed by atoms with van der Waals surface area (Å²) in [7, 11) is 0. The second-order valence-corrected chi connectivity index (χ2v) is 12.2. The molecule has 11 rings (SSSR count). The van der Waals surface area contributed by atoms with Gasteiger partial charge in [-0.25, -0.2) is 15.0 Å². The molecule has 0 amide bonds. The minimum atomic E-state index is -0.499. The van der Waals surface area contributed by atoms with Crippen LogP contribution in [0.25, 0.3) is 106 Å². The van der Waals surface area contributed by atoms with Crippen LogP contribution in [0.3, 0.4) is 0 Å². The highest BCUT2D eigenvalue weighted by atomic mass is 16.3. The molecular weight excluding hydrogens is 629 g/mol. The molecular formula is C45H26N4O2. The predicted octanol–water partition coefficient (Wildman–Crippen LogP) is 11.8. The number of rotatable bonds is 4. The van der Waals surface area contributed by atoms with E-state index >= 15 is 0 Å². The molecule has 0 saturated carbocycles. The summed E-state index contributed by atoms with van der Waals surface area (Å²) in [6, 6.07) is 30.7. The first kappa shape index (κ1) is 21.1. The van der Waals surface area contributed by atoms with E-state index in [9.17, 15) is 0 Å². The summed E-state index contributed by atoms with van der Waals surface area (Å²) in [4.78, 5) is 15.1. The predicted molar refractivity (Wildman–Crippen MR) is 205 cm³/mol. The van der Waals surface area contributed by atoms with Gasteiger partial charge in [-0.15, -0.1) is 0 Å². The van der Waals surface area contributed by atoms with Gasteiger partial charge in [0.25, 0.3) is 0 Å². The summed E-state index contributed by atoms with van der Waals surface area (Å²) in [5.74, 6) is 1.34. The van der Waals surface area contributed by atoms with E-state index in [0.717, 1.165) is 32.9 Å². The van der Waals surface area contributed by atoms with Crippen LogP contribution in [0.4, 0.5) is 0 Å². The van der Waals surface area contributed by atoms with E-state index in [1.165, 1.54) is 4.57 Å². The third-order valence-electron chi connectivity index (χ3n) is 9.32. The fourth-order valence-corrected chi connectivity index (χ4v) is 7.11. The summed E-state index contributed by atoms with van der Waals surface area (Å²) < 4.78 is 83.4. The van der Waals surface area contributed by atoms with Crippen molar-refractivity contribution < 1.29 is 19.8 Å². The Hall–Kier alpha value is -7.05. The summed E-state index contributed by atoms with van der Waals surface area (Å²) in [6.45, 7) is 0. The van der Waals surface area contributed by atoms with Gasteiger partial charge in [0.05, 0.1) is 22.0 Å². The standard InChI is InChI=1S/C45H26N4O2/c1-2-12-27(13-3-1)43-46-44(33-17-10-22-38-41(33)31-16-6-9-21-37(31)50-38)48-45(47-43)34-18-11-23-39-42(34)32-25-24-28(26-40(32)51-39)49-35-19-7-4-14-29(35)30-15-5-8-20-36(30)49/h1-26H/i4D,5D,7D,8D,14D,15D,19D,20D. The number of hydrogen-bond donors (Lipinski definition) is 0. The van der Waals surface area contributed by atoms with Crippen molar-refractivity contribution in [2.45, 2.75) is 0 Å². The number of hydrogen-bond acceptors (Lipinski definition) is 5. The Labute approximate surface area is 302 Å². The first-order valence-corrected chi connectivity index (χ1v) is 16.3. The molecule has 0 aliphatic carbocycles. The molecule has 6 nitrogen and oxygen atoms in total. The molecule has 0 saturated heterocycles. The zero-order valence-corrected chi connectivity index (χ0v) is 26.5. The van der Waals surface area contributed by atoms with Gasteiger partial charge >= 0.3 is 0 Å². The van der Waals surface area contributed by atoms with Crippen molar-refractivity contribution in [3.05, 3.63) is 158 Å². The van der Waals surface area contributed by atoms with Crippen molar-refractivity contribution in [3.8, 4) is 39.9 Å². The highest BCUT2D eigenvalue weighted by Crippen LogP contribution is 2.40. The van der Waals surface area contributed by atoms with Crippen LogP contribution in [0.2, 0.25) is 0 Å². The maximum absolute atomic E-state index is 8.93. The molecule has 51 heavy (non-hydrogen) atoms. The lowest BCUT2D eigenvalue weighted by Gasteiger charge is -2.10. The van der Waals surface area contributed by atoms with Crippen LogP contribution in [-0.4, -0.2) is 19.5 Å². The number of furan rings is 2. The van der Waals surface area contributed by atoms with Gasteiger partial charge in [-0.2, -0.15) is 0 Å². The number of nitrogens with zero attached hydrogens (tertiary/aromatic N) is 4. The normalized spacial score (nSPS) is 14.1. The molecule has 0 bridgehead atoms. The maximum Gasteiger partial charge on any atom is 0.164 e. The summed E-state index contributed by atoms with van der Waals surface area (Å²) in [5, 5.41) is 3.26. The van der Waals surface area contributed by atoms with Crippen LogP contribution in [0.5, 0.6) is 0 Å². The van der Waals surface area contributed by atoms with Crippen LogP contribution in [0, 0.1) is 0 Å². The van der Waals surface area contributed by atoms with Crippen LogP contribution >= 0.6 is 0 Å². The molecule has 0 radical (unpaired) electrons. The smallest absolute Gasteiger partial charge is 0.164 e. The van der Waals surface area contributed by atoms with Crippen molar-refractivity contribution in [2.24, 2.45) is 0 Å². The Morgan fingerprint density at radius 3 is 1.69 bits per heavy atom. The zero-order chi connectivity index (χ0) is 40.4. The largest absolute Gasteiger partial charge is 0.456 e. The first-order valence-electron chi connectivity index (χ1n) is 20.3. The monoisotopic (exact) mass is 662 g/mol. The third-order valence-corrected chi connectivity index (χ3v) is 9.32.